The topological polar surface area (TPSA) is 37.4 Å². The maximum absolute atomic E-state index is 5.34. The third kappa shape index (κ3) is 4.18. The van der Waals surface area contributed by atoms with Gasteiger partial charge in [-0.2, -0.15) is 0 Å². The molecule has 0 aliphatic carbocycles. The van der Waals surface area contributed by atoms with Crippen molar-refractivity contribution < 1.29 is 4.74 Å². The highest BCUT2D eigenvalue weighted by Gasteiger charge is 2.24. The van der Waals surface area contributed by atoms with Crippen molar-refractivity contribution in [3.63, 3.8) is 0 Å². The van der Waals surface area contributed by atoms with Gasteiger partial charge in [0.15, 0.2) is 0 Å². The second kappa shape index (κ2) is 7.60. The highest BCUT2D eigenvalue weighted by atomic mass is 16.5. The molecule has 4 heteroatoms. The molecule has 0 bridgehead atoms. The van der Waals surface area contributed by atoms with Gasteiger partial charge in [0.1, 0.15) is 5.75 Å². The molecule has 1 saturated heterocycles. The summed E-state index contributed by atoms with van der Waals surface area (Å²) in [4.78, 5) is 7.18. The Hall–Kier alpha value is -1.13. The Morgan fingerprint density at radius 1 is 1.45 bits per heavy atom. The average molecular weight is 277 g/mol. The summed E-state index contributed by atoms with van der Waals surface area (Å²) in [5.41, 5.74) is 2.14. The molecule has 0 radical (unpaired) electrons. The van der Waals surface area contributed by atoms with Crippen LogP contribution in [0.4, 0.5) is 0 Å². The summed E-state index contributed by atoms with van der Waals surface area (Å²) in [7, 11) is 1.71. The van der Waals surface area contributed by atoms with Crippen molar-refractivity contribution in [1.29, 1.82) is 0 Å². The van der Waals surface area contributed by atoms with Gasteiger partial charge in [0.2, 0.25) is 0 Å². The summed E-state index contributed by atoms with van der Waals surface area (Å²) in [5, 5.41) is 3.54. The molecule has 1 atom stereocenters. The number of nitrogens with one attached hydrogen (secondary N) is 1. The first-order valence-corrected chi connectivity index (χ1v) is 7.69. The number of aromatic nitrogens is 1. The second-order valence-electron chi connectivity index (χ2n) is 5.61. The first kappa shape index (κ1) is 15.3. The Kier molecular flexibility index (Phi) is 5.80. The van der Waals surface area contributed by atoms with Gasteiger partial charge in [0.05, 0.1) is 12.8 Å². The Morgan fingerprint density at radius 2 is 2.30 bits per heavy atom. The highest BCUT2D eigenvalue weighted by molar-refractivity contribution is 5.26. The van der Waals surface area contributed by atoms with E-state index in [1.807, 2.05) is 13.0 Å². The van der Waals surface area contributed by atoms with Crippen molar-refractivity contribution in [2.75, 3.05) is 26.7 Å². The number of likely N-dealkylation sites (tertiary alicyclic amines) is 1. The van der Waals surface area contributed by atoms with Crippen LogP contribution in [0.1, 0.15) is 37.6 Å². The molecule has 2 heterocycles. The van der Waals surface area contributed by atoms with Crippen LogP contribution in [0, 0.1) is 6.92 Å². The van der Waals surface area contributed by atoms with Crippen LogP contribution in [0.3, 0.4) is 0 Å². The molecule has 2 rings (SSSR count). The normalized spacial score (nSPS) is 19.4. The summed E-state index contributed by atoms with van der Waals surface area (Å²) in [5.74, 6) is 0.910. The van der Waals surface area contributed by atoms with E-state index < -0.39 is 0 Å². The Balaban J connectivity index is 1.95. The molecular formula is C16H27N3O. The first-order valence-electron chi connectivity index (χ1n) is 7.69. The molecule has 0 amide bonds. The maximum atomic E-state index is 5.34. The molecule has 1 aromatic heterocycles. The average Bonchev–Trinajstić information content (AvgIpc) is 2.86. The maximum Gasteiger partial charge on any atom is 0.122 e. The standard InChI is InChI=1S/C16H27N3O/c1-4-7-17-11-15-6-5-8-19(15)12-14-10-16(20-3)9-13(2)18-14/h9-10,15,17H,4-8,11-12H2,1-3H3. The zero-order valence-electron chi connectivity index (χ0n) is 13.0. The molecular weight excluding hydrogens is 250 g/mol. The smallest absolute Gasteiger partial charge is 0.122 e. The lowest BCUT2D eigenvalue weighted by atomic mass is 10.2. The summed E-state index contributed by atoms with van der Waals surface area (Å²) in [6.45, 7) is 8.54. The van der Waals surface area contributed by atoms with Gasteiger partial charge >= 0.3 is 0 Å². The number of aryl methyl sites for hydroxylation is 1. The minimum Gasteiger partial charge on any atom is -0.497 e. The fourth-order valence-corrected chi connectivity index (χ4v) is 2.89. The number of pyridine rings is 1. The number of hydrogen-bond acceptors (Lipinski definition) is 4. The number of ether oxygens (including phenoxy) is 1. The Labute approximate surface area is 122 Å². The van der Waals surface area contributed by atoms with Crippen molar-refractivity contribution in [1.82, 2.24) is 15.2 Å². The van der Waals surface area contributed by atoms with E-state index in [1.54, 1.807) is 7.11 Å². The molecule has 1 aliphatic heterocycles. The van der Waals surface area contributed by atoms with Crippen LogP contribution in [-0.4, -0.2) is 42.7 Å². The molecule has 0 spiro atoms. The van der Waals surface area contributed by atoms with Crippen LogP contribution in [0.15, 0.2) is 12.1 Å². The van der Waals surface area contributed by atoms with Crippen LogP contribution < -0.4 is 10.1 Å². The third-order valence-corrected chi connectivity index (χ3v) is 3.89. The van der Waals surface area contributed by atoms with E-state index in [4.69, 9.17) is 4.74 Å². The molecule has 1 aliphatic rings. The molecule has 112 valence electrons. The minimum atomic E-state index is 0.648. The van der Waals surface area contributed by atoms with Crippen molar-refractivity contribution in [3.05, 3.63) is 23.5 Å². The van der Waals surface area contributed by atoms with Crippen LogP contribution in [-0.2, 0) is 6.54 Å². The summed E-state index contributed by atoms with van der Waals surface area (Å²) in [6.07, 6.45) is 3.78. The molecule has 0 saturated carbocycles. The SMILES string of the molecule is CCCNCC1CCCN1Cc1cc(OC)cc(C)n1. The van der Waals surface area contributed by atoms with E-state index in [0.717, 1.165) is 36.8 Å². The van der Waals surface area contributed by atoms with Gasteiger partial charge in [-0.05, 0) is 39.3 Å². The monoisotopic (exact) mass is 277 g/mol. The van der Waals surface area contributed by atoms with Gasteiger partial charge < -0.3 is 10.1 Å². The number of rotatable bonds is 7. The fraction of sp³-hybridized carbons (Fsp3) is 0.688. The first-order chi connectivity index (χ1) is 9.72. The summed E-state index contributed by atoms with van der Waals surface area (Å²) in [6, 6.07) is 4.69. The van der Waals surface area contributed by atoms with Crippen LogP contribution in [0.2, 0.25) is 0 Å². The lowest BCUT2D eigenvalue weighted by molar-refractivity contribution is 0.236. The van der Waals surface area contributed by atoms with Gasteiger partial charge in [-0.1, -0.05) is 6.92 Å². The lowest BCUT2D eigenvalue weighted by Gasteiger charge is -2.24. The molecule has 0 aromatic carbocycles. The molecule has 1 aromatic rings. The van der Waals surface area contributed by atoms with E-state index in [2.05, 4.69) is 28.2 Å². The zero-order chi connectivity index (χ0) is 14.4. The van der Waals surface area contributed by atoms with Crippen molar-refractivity contribution in [2.45, 2.75) is 45.7 Å². The van der Waals surface area contributed by atoms with Gasteiger partial charge in [-0.25, -0.2) is 0 Å². The molecule has 20 heavy (non-hydrogen) atoms. The molecule has 1 unspecified atom stereocenters. The van der Waals surface area contributed by atoms with Crippen molar-refractivity contribution in [2.24, 2.45) is 0 Å². The van der Waals surface area contributed by atoms with Gasteiger partial charge in [-0.15, -0.1) is 0 Å². The van der Waals surface area contributed by atoms with Gasteiger partial charge in [-0.3, -0.25) is 9.88 Å². The molecule has 4 nitrogen and oxygen atoms in total. The van der Waals surface area contributed by atoms with Crippen LogP contribution in [0.25, 0.3) is 0 Å². The quantitative estimate of drug-likeness (QED) is 0.776. The van der Waals surface area contributed by atoms with E-state index in [9.17, 15) is 0 Å². The third-order valence-electron chi connectivity index (χ3n) is 3.89. The second-order valence-corrected chi connectivity index (χ2v) is 5.61. The predicted octanol–water partition coefficient (Wildman–Crippen LogP) is 2.36. The van der Waals surface area contributed by atoms with E-state index in [-0.39, 0.29) is 0 Å². The van der Waals surface area contributed by atoms with Crippen molar-refractivity contribution in [3.8, 4) is 5.75 Å². The van der Waals surface area contributed by atoms with Crippen LogP contribution in [0.5, 0.6) is 5.75 Å². The Morgan fingerprint density at radius 3 is 3.05 bits per heavy atom. The minimum absolute atomic E-state index is 0.648. The van der Waals surface area contributed by atoms with Gasteiger partial charge in [0.25, 0.3) is 0 Å². The van der Waals surface area contributed by atoms with E-state index in [1.165, 1.54) is 25.8 Å². The fourth-order valence-electron chi connectivity index (χ4n) is 2.89. The number of methoxy groups -OCH3 is 1. The number of hydrogen-bond donors (Lipinski definition) is 1. The summed E-state index contributed by atoms with van der Waals surface area (Å²) >= 11 is 0. The Bertz CT molecular complexity index is 422. The van der Waals surface area contributed by atoms with Crippen LogP contribution >= 0.6 is 0 Å². The molecule has 1 N–H and O–H groups in total. The predicted molar refractivity (Wildman–Crippen MR) is 82.1 cm³/mol. The summed E-state index contributed by atoms with van der Waals surface area (Å²) < 4.78 is 5.34. The number of nitrogens with zero attached hydrogens (tertiary/aromatic N) is 2. The lowest BCUT2D eigenvalue weighted by Crippen LogP contribution is -2.37. The van der Waals surface area contributed by atoms with E-state index in [0.29, 0.717) is 6.04 Å². The van der Waals surface area contributed by atoms with Gasteiger partial charge in [0, 0.05) is 37.0 Å². The largest absolute Gasteiger partial charge is 0.497 e. The molecule has 1 fully saturated rings. The highest BCUT2D eigenvalue weighted by Crippen LogP contribution is 2.21. The zero-order valence-corrected chi connectivity index (χ0v) is 13.0. The van der Waals surface area contributed by atoms with Crippen molar-refractivity contribution >= 4 is 0 Å². The van der Waals surface area contributed by atoms with E-state index >= 15 is 0 Å².